The van der Waals surface area contributed by atoms with Gasteiger partial charge in [0.25, 0.3) is 0 Å². The maximum atomic E-state index is 12.2. The molecular formula is C18H23ClN2O2. The first-order valence-corrected chi connectivity index (χ1v) is 7.24. The van der Waals surface area contributed by atoms with Crippen LogP contribution in [0.1, 0.15) is 28.3 Å². The number of hydrogen-bond donors (Lipinski definition) is 2. The molecule has 124 valence electrons. The molecule has 2 aromatic rings. The monoisotopic (exact) mass is 334 g/mol. The highest BCUT2D eigenvalue weighted by Gasteiger charge is 2.15. The van der Waals surface area contributed by atoms with Crippen molar-refractivity contribution in [1.29, 1.82) is 0 Å². The number of amides is 1. The van der Waals surface area contributed by atoms with Crippen LogP contribution in [0.5, 0.6) is 5.75 Å². The molecule has 0 heterocycles. The van der Waals surface area contributed by atoms with Crippen LogP contribution in [0.2, 0.25) is 0 Å². The van der Waals surface area contributed by atoms with Gasteiger partial charge < -0.3 is 15.8 Å². The van der Waals surface area contributed by atoms with E-state index in [-0.39, 0.29) is 18.3 Å². The van der Waals surface area contributed by atoms with Gasteiger partial charge in [-0.25, -0.2) is 0 Å². The third kappa shape index (κ3) is 4.98. The van der Waals surface area contributed by atoms with E-state index in [1.165, 1.54) is 0 Å². The minimum Gasteiger partial charge on any atom is -0.496 e. The van der Waals surface area contributed by atoms with Crippen molar-refractivity contribution in [3.63, 3.8) is 0 Å². The summed E-state index contributed by atoms with van der Waals surface area (Å²) in [6.07, 6.45) is 0. The molecule has 0 saturated carbocycles. The SMILES string of the molecule is COc1cc(CNC(=O)C(N)c2ccc(C)cc2)ccc1C.Cl. The first kappa shape index (κ1) is 19.0. The average molecular weight is 335 g/mol. The number of aryl methyl sites for hydroxylation is 2. The van der Waals surface area contributed by atoms with Gasteiger partial charge in [-0.2, -0.15) is 0 Å². The zero-order chi connectivity index (χ0) is 16.1. The summed E-state index contributed by atoms with van der Waals surface area (Å²) in [6, 6.07) is 12.9. The second-order valence-corrected chi connectivity index (χ2v) is 5.41. The normalized spacial score (nSPS) is 11.3. The van der Waals surface area contributed by atoms with E-state index in [0.717, 1.165) is 28.0 Å². The van der Waals surface area contributed by atoms with Crippen LogP contribution < -0.4 is 15.8 Å². The number of halogens is 1. The molecule has 2 aromatic carbocycles. The quantitative estimate of drug-likeness (QED) is 0.883. The lowest BCUT2D eigenvalue weighted by molar-refractivity contribution is -0.122. The second kappa shape index (κ2) is 8.56. The molecule has 3 N–H and O–H groups in total. The van der Waals surface area contributed by atoms with Crippen molar-refractivity contribution in [2.24, 2.45) is 5.73 Å². The molecule has 0 aromatic heterocycles. The lowest BCUT2D eigenvalue weighted by Crippen LogP contribution is -2.33. The first-order chi connectivity index (χ1) is 10.5. The number of methoxy groups -OCH3 is 1. The van der Waals surface area contributed by atoms with Gasteiger partial charge in [0, 0.05) is 6.54 Å². The fraction of sp³-hybridized carbons (Fsp3) is 0.278. The minimum absolute atomic E-state index is 0. The lowest BCUT2D eigenvalue weighted by Gasteiger charge is -2.14. The molecule has 0 bridgehead atoms. The van der Waals surface area contributed by atoms with Gasteiger partial charge >= 0.3 is 0 Å². The molecule has 1 atom stereocenters. The van der Waals surface area contributed by atoms with E-state index >= 15 is 0 Å². The molecule has 1 amide bonds. The zero-order valence-corrected chi connectivity index (χ0v) is 14.4. The molecule has 0 saturated heterocycles. The van der Waals surface area contributed by atoms with Crippen LogP contribution in [0.15, 0.2) is 42.5 Å². The molecule has 1 unspecified atom stereocenters. The Morgan fingerprint density at radius 3 is 2.43 bits per heavy atom. The van der Waals surface area contributed by atoms with Crippen LogP contribution in [-0.2, 0) is 11.3 Å². The van der Waals surface area contributed by atoms with Crippen molar-refractivity contribution in [2.45, 2.75) is 26.4 Å². The molecule has 2 rings (SSSR count). The molecule has 0 spiro atoms. The van der Waals surface area contributed by atoms with Crippen LogP contribution >= 0.6 is 12.4 Å². The molecule has 4 nitrogen and oxygen atoms in total. The van der Waals surface area contributed by atoms with Gasteiger partial charge in [-0.1, -0.05) is 42.0 Å². The summed E-state index contributed by atoms with van der Waals surface area (Å²) in [5, 5.41) is 2.86. The number of nitrogens with two attached hydrogens (primary N) is 1. The van der Waals surface area contributed by atoms with E-state index in [2.05, 4.69) is 5.32 Å². The molecule has 0 aliphatic rings. The summed E-state index contributed by atoms with van der Waals surface area (Å²) < 4.78 is 5.28. The Morgan fingerprint density at radius 2 is 1.83 bits per heavy atom. The van der Waals surface area contributed by atoms with Crippen LogP contribution in [0, 0.1) is 13.8 Å². The third-order valence-corrected chi connectivity index (χ3v) is 3.66. The van der Waals surface area contributed by atoms with Gasteiger partial charge in [0.2, 0.25) is 5.91 Å². The fourth-order valence-electron chi connectivity index (χ4n) is 2.20. The van der Waals surface area contributed by atoms with E-state index in [9.17, 15) is 4.79 Å². The fourth-order valence-corrected chi connectivity index (χ4v) is 2.20. The van der Waals surface area contributed by atoms with Crippen LogP contribution in [0.25, 0.3) is 0 Å². The van der Waals surface area contributed by atoms with Crippen LogP contribution in [-0.4, -0.2) is 13.0 Å². The van der Waals surface area contributed by atoms with E-state index in [1.54, 1.807) is 7.11 Å². The number of hydrogen-bond acceptors (Lipinski definition) is 3. The summed E-state index contributed by atoms with van der Waals surface area (Å²) in [4.78, 5) is 12.2. The Labute approximate surface area is 143 Å². The van der Waals surface area contributed by atoms with E-state index in [1.807, 2.05) is 56.3 Å². The van der Waals surface area contributed by atoms with E-state index in [0.29, 0.717) is 6.54 Å². The predicted molar refractivity (Wildman–Crippen MR) is 94.9 cm³/mol. The molecule has 5 heteroatoms. The summed E-state index contributed by atoms with van der Waals surface area (Å²) in [5.41, 5.74) is 9.99. The maximum Gasteiger partial charge on any atom is 0.241 e. The highest BCUT2D eigenvalue weighted by molar-refractivity contribution is 5.85. The number of rotatable bonds is 5. The number of carbonyl (C=O) groups is 1. The highest BCUT2D eigenvalue weighted by Crippen LogP contribution is 2.19. The average Bonchev–Trinajstić information content (AvgIpc) is 2.53. The Kier molecular flexibility index (Phi) is 7.07. The molecule has 23 heavy (non-hydrogen) atoms. The van der Waals surface area contributed by atoms with E-state index in [4.69, 9.17) is 10.5 Å². The van der Waals surface area contributed by atoms with Gasteiger partial charge in [-0.05, 0) is 36.6 Å². The molecule has 0 aliphatic carbocycles. The molecule has 0 radical (unpaired) electrons. The van der Waals surface area contributed by atoms with Crippen molar-refractivity contribution < 1.29 is 9.53 Å². The summed E-state index contributed by atoms with van der Waals surface area (Å²) in [5.74, 6) is 0.623. The summed E-state index contributed by atoms with van der Waals surface area (Å²) in [6.45, 7) is 4.41. The lowest BCUT2D eigenvalue weighted by atomic mass is 10.1. The Bertz CT molecular complexity index is 657. The van der Waals surface area contributed by atoms with Crippen molar-refractivity contribution in [2.75, 3.05) is 7.11 Å². The van der Waals surface area contributed by atoms with Crippen molar-refractivity contribution >= 4 is 18.3 Å². The van der Waals surface area contributed by atoms with Crippen LogP contribution in [0.4, 0.5) is 0 Å². The van der Waals surface area contributed by atoms with Gasteiger partial charge in [-0.3, -0.25) is 4.79 Å². The van der Waals surface area contributed by atoms with Gasteiger partial charge in [0.1, 0.15) is 11.8 Å². The number of carbonyl (C=O) groups excluding carboxylic acids is 1. The second-order valence-electron chi connectivity index (χ2n) is 5.41. The van der Waals surface area contributed by atoms with Crippen LogP contribution in [0.3, 0.4) is 0 Å². The summed E-state index contributed by atoms with van der Waals surface area (Å²) in [7, 11) is 1.64. The predicted octanol–water partition coefficient (Wildman–Crippen LogP) is 3.05. The van der Waals surface area contributed by atoms with Crippen molar-refractivity contribution in [1.82, 2.24) is 5.32 Å². The number of nitrogens with one attached hydrogen (secondary N) is 1. The first-order valence-electron chi connectivity index (χ1n) is 7.24. The smallest absolute Gasteiger partial charge is 0.241 e. The largest absolute Gasteiger partial charge is 0.496 e. The van der Waals surface area contributed by atoms with Gasteiger partial charge in [0.05, 0.1) is 7.11 Å². The third-order valence-electron chi connectivity index (χ3n) is 3.66. The van der Waals surface area contributed by atoms with E-state index < -0.39 is 6.04 Å². The van der Waals surface area contributed by atoms with Crippen molar-refractivity contribution in [3.05, 3.63) is 64.7 Å². The highest BCUT2D eigenvalue weighted by atomic mass is 35.5. The minimum atomic E-state index is -0.659. The summed E-state index contributed by atoms with van der Waals surface area (Å²) >= 11 is 0. The molecule has 0 fully saturated rings. The Morgan fingerprint density at radius 1 is 1.17 bits per heavy atom. The zero-order valence-electron chi connectivity index (χ0n) is 13.6. The number of benzene rings is 2. The molecule has 0 aliphatic heterocycles. The molecular weight excluding hydrogens is 312 g/mol. The number of ether oxygens (including phenoxy) is 1. The Balaban J connectivity index is 0.00000264. The van der Waals surface area contributed by atoms with Gasteiger partial charge in [-0.15, -0.1) is 12.4 Å². The maximum absolute atomic E-state index is 12.2. The van der Waals surface area contributed by atoms with Crippen molar-refractivity contribution in [3.8, 4) is 5.75 Å². The standard InChI is InChI=1S/C18H22N2O2.ClH/c1-12-4-8-15(9-5-12)17(19)18(21)20-11-14-7-6-13(2)16(10-14)22-3;/h4-10,17H,11,19H2,1-3H3,(H,20,21);1H. The van der Waals surface area contributed by atoms with Gasteiger partial charge in [0.15, 0.2) is 0 Å². The topological polar surface area (TPSA) is 64.3 Å². The Hall–Kier alpha value is -2.04.